The van der Waals surface area contributed by atoms with E-state index >= 15 is 0 Å². The number of aryl methyl sites for hydroxylation is 1. The van der Waals surface area contributed by atoms with Crippen molar-refractivity contribution >= 4 is 28.7 Å². The second-order valence-electron chi connectivity index (χ2n) is 8.30. The average Bonchev–Trinajstić information content (AvgIpc) is 3.27. The van der Waals surface area contributed by atoms with Gasteiger partial charge in [-0.3, -0.25) is 19.1 Å². The Balaban J connectivity index is 1.49. The van der Waals surface area contributed by atoms with Crippen LogP contribution in [0.5, 0.6) is 0 Å². The van der Waals surface area contributed by atoms with Gasteiger partial charge in [0, 0.05) is 12.6 Å². The number of amides is 1. The molecular weight excluding hydrogens is 420 g/mol. The number of thioether (sulfide) groups is 1. The van der Waals surface area contributed by atoms with E-state index in [9.17, 15) is 9.59 Å². The first-order valence-corrected chi connectivity index (χ1v) is 12.2. The van der Waals surface area contributed by atoms with Gasteiger partial charge in [0.25, 0.3) is 5.56 Å². The van der Waals surface area contributed by atoms with E-state index in [2.05, 4.69) is 22.1 Å². The van der Waals surface area contributed by atoms with E-state index in [1.807, 2.05) is 55.5 Å². The highest BCUT2D eigenvalue weighted by molar-refractivity contribution is 7.99. The number of fused-ring (bicyclic) bond motifs is 1. The summed E-state index contributed by atoms with van der Waals surface area (Å²) in [6.45, 7) is 7.45. The molecule has 0 bridgehead atoms. The van der Waals surface area contributed by atoms with Crippen molar-refractivity contribution in [2.45, 2.75) is 44.3 Å². The van der Waals surface area contributed by atoms with Crippen LogP contribution in [-0.4, -0.2) is 51.8 Å². The van der Waals surface area contributed by atoms with Crippen molar-refractivity contribution in [2.24, 2.45) is 0 Å². The van der Waals surface area contributed by atoms with Gasteiger partial charge in [0.2, 0.25) is 5.91 Å². The Morgan fingerprint density at radius 2 is 1.97 bits per heavy atom. The van der Waals surface area contributed by atoms with Crippen molar-refractivity contribution in [3.63, 3.8) is 0 Å². The average molecular weight is 451 g/mol. The molecule has 1 saturated heterocycles. The minimum absolute atomic E-state index is 0.0580. The zero-order valence-electron chi connectivity index (χ0n) is 18.7. The Hall–Kier alpha value is -2.64. The van der Waals surface area contributed by atoms with Crippen molar-refractivity contribution in [3.05, 3.63) is 70.0 Å². The maximum atomic E-state index is 13.3. The Labute approximate surface area is 193 Å². The lowest BCUT2D eigenvalue weighted by Crippen LogP contribution is -2.40. The maximum Gasteiger partial charge on any atom is 0.283 e. The number of rotatable bonds is 8. The van der Waals surface area contributed by atoms with Gasteiger partial charge in [-0.05, 0) is 50.6 Å². The van der Waals surface area contributed by atoms with Gasteiger partial charge in [0.15, 0.2) is 5.03 Å². The van der Waals surface area contributed by atoms with E-state index in [1.165, 1.54) is 23.7 Å². The lowest BCUT2D eigenvalue weighted by molar-refractivity contribution is -0.118. The predicted octanol–water partition coefficient (Wildman–Crippen LogP) is 3.45. The van der Waals surface area contributed by atoms with Crippen LogP contribution in [0.4, 0.5) is 0 Å². The molecule has 0 unspecified atom stereocenters. The molecule has 3 aromatic rings. The second kappa shape index (κ2) is 10.3. The highest BCUT2D eigenvalue weighted by Crippen LogP contribution is 2.19. The highest BCUT2D eigenvalue weighted by atomic mass is 32.2. The lowest BCUT2D eigenvalue weighted by Gasteiger charge is -2.22. The van der Waals surface area contributed by atoms with Crippen molar-refractivity contribution < 1.29 is 4.79 Å². The highest BCUT2D eigenvalue weighted by Gasteiger charge is 2.23. The van der Waals surface area contributed by atoms with Crippen LogP contribution in [0, 0.1) is 6.92 Å². The largest absolute Gasteiger partial charge is 0.354 e. The fraction of sp³-hybridized carbons (Fsp3) is 0.400. The summed E-state index contributed by atoms with van der Waals surface area (Å²) >= 11 is 1.22. The van der Waals surface area contributed by atoms with E-state index in [0.29, 0.717) is 24.2 Å². The number of nitrogens with one attached hydrogen (secondary N) is 1. The zero-order valence-corrected chi connectivity index (χ0v) is 19.5. The van der Waals surface area contributed by atoms with Gasteiger partial charge >= 0.3 is 0 Å². The van der Waals surface area contributed by atoms with Crippen LogP contribution in [0.25, 0.3) is 11.0 Å². The number of likely N-dealkylation sites (tertiary alicyclic amines) is 1. The SMILES string of the molecule is CCN1CCC[C@H]1CNC(=O)CSc1nc2ccccc2n(Cc2ccc(C)cc2)c1=O. The zero-order chi connectivity index (χ0) is 22.5. The number of carbonyl (C=O) groups excluding carboxylic acids is 1. The Kier molecular flexibility index (Phi) is 7.27. The summed E-state index contributed by atoms with van der Waals surface area (Å²) in [5.74, 6) is 0.127. The van der Waals surface area contributed by atoms with Gasteiger partial charge in [-0.15, -0.1) is 0 Å². The molecule has 1 amide bonds. The summed E-state index contributed by atoms with van der Waals surface area (Å²) in [5.41, 5.74) is 3.64. The molecule has 168 valence electrons. The van der Waals surface area contributed by atoms with Crippen LogP contribution in [0.2, 0.25) is 0 Å². The standard InChI is InChI=1S/C25H30N4O2S/c1-3-28-14-6-7-20(28)15-26-23(30)17-32-24-25(31)29(16-19-12-10-18(2)11-13-19)22-9-5-4-8-21(22)27-24/h4-5,8-13,20H,3,6-7,14-17H2,1-2H3,(H,26,30)/t20-/m0/s1. The number of carbonyl (C=O) groups is 1. The summed E-state index contributed by atoms with van der Waals surface area (Å²) in [5, 5.41) is 3.40. The molecule has 1 atom stereocenters. The fourth-order valence-electron chi connectivity index (χ4n) is 4.26. The van der Waals surface area contributed by atoms with Crippen LogP contribution in [-0.2, 0) is 11.3 Å². The molecule has 0 radical (unpaired) electrons. The van der Waals surface area contributed by atoms with Crippen molar-refractivity contribution in [2.75, 3.05) is 25.4 Å². The van der Waals surface area contributed by atoms with Gasteiger partial charge in [0.1, 0.15) is 0 Å². The number of likely N-dealkylation sites (N-methyl/N-ethyl adjacent to an activating group) is 1. The minimum atomic E-state index is -0.157. The molecule has 1 aliphatic heterocycles. The van der Waals surface area contributed by atoms with Gasteiger partial charge in [-0.2, -0.15) is 0 Å². The number of hydrogen-bond donors (Lipinski definition) is 1. The topological polar surface area (TPSA) is 67.2 Å². The molecule has 1 aliphatic rings. The molecule has 1 fully saturated rings. The van der Waals surface area contributed by atoms with Gasteiger partial charge in [-0.25, -0.2) is 4.98 Å². The molecule has 7 heteroatoms. The Morgan fingerprint density at radius 3 is 2.75 bits per heavy atom. The molecule has 0 aliphatic carbocycles. The first-order chi connectivity index (χ1) is 15.5. The Bertz CT molecular complexity index is 1140. The molecular formula is C25H30N4O2S. The van der Waals surface area contributed by atoms with Crippen LogP contribution < -0.4 is 10.9 Å². The van der Waals surface area contributed by atoms with Gasteiger partial charge in [-0.1, -0.05) is 60.6 Å². The van der Waals surface area contributed by atoms with Crippen LogP contribution >= 0.6 is 11.8 Å². The normalized spacial score (nSPS) is 16.5. The first-order valence-electron chi connectivity index (χ1n) is 11.2. The number of aromatic nitrogens is 2. The van der Waals surface area contributed by atoms with E-state index in [1.54, 1.807) is 4.57 Å². The summed E-state index contributed by atoms with van der Waals surface area (Å²) in [4.78, 5) is 32.7. The molecule has 2 aromatic carbocycles. The third kappa shape index (κ3) is 5.22. The summed E-state index contributed by atoms with van der Waals surface area (Å²) < 4.78 is 1.75. The summed E-state index contributed by atoms with van der Waals surface area (Å²) in [6, 6.07) is 16.3. The molecule has 6 nitrogen and oxygen atoms in total. The monoisotopic (exact) mass is 450 g/mol. The second-order valence-corrected chi connectivity index (χ2v) is 9.26. The summed E-state index contributed by atoms with van der Waals surface area (Å²) in [6.07, 6.45) is 2.31. The number of benzene rings is 2. The van der Waals surface area contributed by atoms with Crippen LogP contribution in [0.15, 0.2) is 58.4 Å². The molecule has 1 aromatic heterocycles. The fourth-order valence-corrected chi connectivity index (χ4v) is 5.02. The van der Waals surface area contributed by atoms with Gasteiger partial charge < -0.3 is 5.32 Å². The predicted molar refractivity (Wildman–Crippen MR) is 130 cm³/mol. The molecule has 1 N–H and O–H groups in total. The van der Waals surface area contributed by atoms with Crippen molar-refractivity contribution in [1.29, 1.82) is 0 Å². The summed E-state index contributed by atoms with van der Waals surface area (Å²) in [7, 11) is 0. The molecule has 0 spiro atoms. The third-order valence-electron chi connectivity index (χ3n) is 6.06. The van der Waals surface area contributed by atoms with E-state index < -0.39 is 0 Å². The van der Waals surface area contributed by atoms with Crippen LogP contribution in [0.1, 0.15) is 30.9 Å². The van der Waals surface area contributed by atoms with Crippen LogP contribution in [0.3, 0.4) is 0 Å². The van der Waals surface area contributed by atoms with E-state index in [0.717, 1.165) is 36.1 Å². The lowest BCUT2D eigenvalue weighted by atomic mass is 10.1. The van der Waals surface area contributed by atoms with Crippen molar-refractivity contribution in [1.82, 2.24) is 19.8 Å². The number of para-hydroxylation sites is 2. The smallest absolute Gasteiger partial charge is 0.283 e. The number of nitrogens with zero attached hydrogens (tertiary/aromatic N) is 3. The van der Waals surface area contributed by atoms with Gasteiger partial charge in [0.05, 0.1) is 23.3 Å². The first kappa shape index (κ1) is 22.6. The number of hydrogen-bond acceptors (Lipinski definition) is 5. The quantitative estimate of drug-likeness (QED) is 0.533. The molecule has 4 rings (SSSR count). The third-order valence-corrected chi connectivity index (χ3v) is 7.01. The minimum Gasteiger partial charge on any atom is -0.354 e. The van der Waals surface area contributed by atoms with E-state index in [4.69, 9.17) is 0 Å². The molecule has 32 heavy (non-hydrogen) atoms. The maximum absolute atomic E-state index is 13.3. The van der Waals surface area contributed by atoms with E-state index in [-0.39, 0.29) is 17.2 Å². The molecule has 0 saturated carbocycles. The van der Waals surface area contributed by atoms with Crippen molar-refractivity contribution in [3.8, 4) is 0 Å². The Morgan fingerprint density at radius 1 is 1.19 bits per heavy atom. The molecule has 2 heterocycles.